The first-order valence-electron chi connectivity index (χ1n) is 6.76. The van der Waals surface area contributed by atoms with Crippen LogP contribution < -0.4 is 5.32 Å². The summed E-state index contributed by atoms with van der Waals surface area (Å²) < 4.78 is 6.81. The van der Waals surface area contributed by atoms with E-state index >= 15 is 0 Å². The van der Waals surface area contributed by atoms with Gasteiger partial charge in [-0.1, -0.05) is 25.0 Å². The van der Waals surface area contributed by atoms with Crippen LogP contribution in [-0.2, 0) is 6.54 Å². The van der Waals surface area contributed by atoms with Gasteiger partial charge < -0.3 is 9.73 Å². The van der Waals surface area contributed by atoms with E-state index in [-0.39, 0.29) is 12.4 Å². The molecule has 1 saturated carbocycles. The molecule has 0 aliphatic heterocycles. The van der Waals surface area contributed by atoms with Gasteiger partial charge in [0.25, 0.3) is 0 Å². The van der Waals surface area contributed by atoms with E-state index in [9.17, 15) is 0 Å². The van der Waals surface area contributed by atoms with E-state index in [0.29, 0.717) is 11.9 Å². The van der Waals surface area contributed by atoms with Gasteiger partial charge in [0.05, 0.1) is 18.3 Å². The molecule has 0 unspecified atom stereocenters. The lowest BCUT2D eigenvalue weighted by molar-refractivity contribution is 0.451. The van der Waals surface area contributed by atoms with Crippen LogP contribution in [0.15, 0.2) is 39.4 Å². The lowest BCUT2D eigenvalue weighted by Crippen LogP contribution is -2.24. The van der Waals surface area contributed by atoms with Gasteiger partial charge >= 0.3 is 0 Å². The van der Waals surface area contributed by atoms with E-state index in [1.807, 2.05) is 30.5 Å². The van der Waals surface area contributed by atoms with Crippen molar-refractivity contribution in [3.8, 4) is 11.5 Å². The quantitative estimate of drug-likeness (QED) is 0.872. The Bertz CT molecular complexity index is 552. The predicted molar refractivity (Wildman–Crippen MR) is 86.0 cm³/mol. The summed E-state index contributed by atoms with van der Waals surface area (Å²) in [6, 6.07) is 8.62. The normalized spacial score (nSPS) is 15.2. The van der Waals surface area contributed by atoms with Crippen molar-refractivity contribution in [2.75, 3.05) is 0 Å². The van der Waals surface area contributed by atoms with Crippen LogP contribution in [-0.4, -0.2) is 11.0 Å². The first kappa shape index (κ1) is 15.5. The van der Waals surface area contributed by atoms with Gasteiger partial charge in [-0.25, -0.2) is 4.98 Å². The second-order valence-electron chi connectivity index (χ2n) is 4.97. The van der Waals surface area contributed by atoms with Crippen LogP contribution in [0, 0.1) is 0 Å². The third kappa shape index (κ3) is 3.62. The summed E-state index contributed by atoms with van der Waals surface area (Å²) in [6.07, 6.45) is 7.07. The minimum absolute atomic E-state index is 0. The van der Waals surface area contributed by atoms with Crippen molar-refractivity contribution in [1.82, 2.24) is 10.3 Å². The highest BCUT2D eigenvalue weighted by molar-refractivity contribution is 9.10. The average molecular weight is 358 g/mol. The highest BCUT2D eigenvalue weighted by Crippen LogP contribution is 2.27. The molecule has 0 saturated heterocycles. The standard InChI is InChI=1S/C15H17BrN2O.ClH/c16-14-8-4-3-7-13(14)15-18-10-12(19-15)9-17-11-5-1-2-6-11;/h3-4,7-8,10-11,17H,1-2,5-6,9H2;1H. The Labute approximate surface area is 133 Å². The van der Waals surface area contributed by atoms with Crippen LogP contribution in [0.1, 0.15) is 31.4 Å². The summed E-state index contributed by atoms with van der Waals surface area (Å²) in [6.45, 7) is 0.766. The number of hydrogen-bond acceptors (Lipinski definition) is 3. The molecule has 108 valence electrons. The first-order chi connectivity index (χ1) is 9.33. The van der Waals surface area contributed by atoms with Crippen LogP contribution >= 0.6 is 28.3 Å². The van der Waals surface area contributed by atoms with E-state index < -0.39 is 0 Å². The summed E-state index contributed by atoms with van der Waals surface area (Å²) >= 11 is 3.52. The van der Waals surface area contributed by atoms with Gasteiger partial charge in [-0.2, -0.15) is 0 Å². The van der Waals surface area contributed by atoms with E-state index in [0.717, 1.165) is 22.3 Å². The van der Waals surface area contributed by atoms with Crippen molar-refractivity contribution in [1.29, 1.82) is 0 Å². The van der Waals surface area contributed by atoms with Gasteiger partial charge in [-0.05, 0) is 40.9 Å². The molecule has 2 aromatic rings. The first-order valence-corrected chi connectivity index (χ1v) is 7.55. The zero-order chi connectivity index (χ0) is 13.1. The number of aromatic nitrogens is 1. The molecule has 3 rings (SSSR count). The van der Waals surface area contributed by atoms with Crippen molar-refractivity contribution in [3.05, 3.63) is 40.7 Å². The van der Waals surface area contributed by atoms with E-state index in [1.54, 1.807) is 0 Å². The van der Waals surface area contributed by atoms with Crippen molar-refractivity contribution in [2.24, 2.45) is 0 Å². The minimum atomic E-state index is 0. The van der Waals surface area contributed by atoms with Gasteiger partial charge in [0, 0.05) is 10.5 Å². The van der Waals surface area contributed by atoms with Crippen molar-refractivity contribution < 1.29 is 4.42 Å². The van der Waals surface area contributed by atoms with Crippen molar-refractivity contribution in [2.45, 2.75) is 38.3 Å². The topological polar surface area (TPSA) is 38.1 Å². The third-order valence-electron chi connectivity index (χ3n) is 3.58. The fourth-order valence-corrected chi connectivity index (χ4v) is 2.98. The molecule has 0 spiro atoms. The second kappa shape index (κ2) is 7.25. The Balaban J connectivity index is 0.00000147. The average Bonchev–Trinajstić information content (AvgIpc) is 3.08. The molecule has 1 heterocycles. The lowest BCUT2D eigenvalue weighted by atomic mass is 10.2. The highest BCUT2D eigenvalue weighted by atomic mass is 79.9. The minimum Gasteiger partial charge on any atom is -0.440 e. The molecule has 1 N–H and O–H groups in total. The molecular formula is C15H18BrClN2O. The number of nitrogens with zero attached hydrogens (tertiary/aromatic N) is 1. The second-order valence-corrected chi connectivity index (χ2v) is 5.83. The fourth-order valence-electron chi connectivity index (χ4n) is 2.52. The van der Waals surface area contributed by atoms with Crippen LogP contribution in [0.2, 0.25) is 0 Å². The molecule has 5 heteroatoms. The maximum absolute atomic E-state index is 5.81. The SMILES string of the molecule is Brc1ccccc1-c1ncc(CNC2CCCC2)o1.Cl. The van der Waals surface area contributed by atoms with Crippen LogP contribution in [0.3, 0.4) is 0 Å². The van der Waals surface area contributed by atoms with Gasteiger partial charge in [-0.15, -0.1) is 12.4 Å². The molecule has 20 heavy (non-hydrogen) atoms. The molecule has 1 aliphatic carbocycles. The molecule has 0 radical (unpaired) electrons. The number of hydrogen-bond donors (Lipinski definition) is 1. The molecule has 1 fully saturated rings. The molecule has 0 atom stereocenters. The smallest absolute Gasteiger partial charge is 0.227 e. The number of rotatable bonds is 4. The predicted octanol–water partition coefficient (Wildman–Crippen LogP) is 4.56. The maximum atomic E-state index is 5.81. The summed E-state index contributed by atoms with van der Waals surface area (Å²) in [5.41, 5.74) is 0.995. The number of benzene rings is 1. The zero-order valence-corrected chi connectivity index (χ0v) is 13.5. The Kier molecular flexibility index (Phi) is 5.64. The fraction of sp³-hybridized carbons (Fsp3) is 0.400. The van der Waals surface area contributed by atoms with Gasteiger partial charge in [0.1, 0.15) is 5.76 Å². The van der Waals surface area contributed by atoms with Gasteiger partial charge in [0.15, 0.2) is 0 Å². The van der Waals surface area contributed by atoms with Crippen LogP contribution in [0.4, 0.5) is 0 Å². The van der Waals surface area contributed by atoms with Crippen molar-refractivity contribution in [3.63, 3.8) is 0 Å². The lowest BCUT2D eigenvalue weighted by Gasteiger charge is -2.09. The summed E-state index contributed by atoms with van der Waals surface area (Å²) in [4.78, 5) is 4.36. The van der Waals surface area contributed by atoms with Crippen LogP contribution in [0.5, 0.6) is 0 Å². The molecule has 1 aliphatic rings. The summed E-state index contributed by atoms with van der Waals surface area (Å²) in [7, 11) is 0. The Morgan fingerprint density at radius 2 is 2.00 bits per heavy atom. The summed E-state index contributed by atoms with van der Waals surface area (Å²) in [5, 5.41) is 3.53. The Morgan fingerprint density at radius 1 is 1.25 bits per heavy atom. The molecule has 0 amide bonds. The zero-order valence-electron chi connectivity index (χ0n) is 11.1. The number of halogens is 2. The van der Waals surface area contributed by atoms with Gasteiger partial charge in [0.2, 0.25) is 5.89 Å². The summed E-state index contributed by atoms with van der Waals surface area (Å²) in [5.74, 6) is 1.58. The van der Waals surface area contributed by atoms with Gasteiger partial charge in [-0.3, -0.25) is 0 Å². The molecule has 1 aromatic heterocycles. The highest BCUT2D eigenvalue weighted by Gasteiger charge is 2.15. The molecule has 3 nitrogen and oxygen atoms in total. The van der Waals surface area contributed by atoms with Crippen LogP contribution in [0.25, 0.3) is 11.5 Å². The maximum Gasteiger partial charge on any atom is 0.227 e. The van der Waals surface area contributed by atoms with Crippen molar-refractivity contribution >= 4 is 28.3 Å². The molecular weight excluding hydrogens is 340 g/mol. The number of oxazole rings is 1. The largest absolute Gasteiger partial charge is 0.440 e. The van der Waals surface area contributed by atoms with E-state index in [2.05, 4.69) is 26.2 Å². The Morgan fingerprint density at radius 3 is 2.75 bits per heavy atom. The van der Waals surface area contributed by atoms with E-state index in [4.69, 9.17) is 4.42 Å². The number of nitrogens with one attached hydrogen (secondary N) is 1. The third-order valence-corrected chi connectivity index (χ3v) is 4.27. The Hall–Kier alpha value is -0.840. The molecule has 1 aromatic carbocycles. The molecule has 0 bridgehead atoms. The van der Waals surface area contributed by atoms with E-state index in [1.165, 1.54) is 25.7 Å². The monoisotopic (exact) mass is 356 g/mol.